The average molecular weight is 433 g/mol. The van der Waals surface area contributed by atoms with E-state index in [0.29, 0.717) is 18.8 Å². The first-order chi connectivity index (χ1) is 15.6. The Hall–Kier alpha value is -3.51. The van der Waals surface area contributed by atoms with Gasteiger partial charge in [-0.3, -0.25) is 10.3 Å². The molecular formula is C26H28N2O4. The molecule has 166 valence electrons. The van der Waals surface area contributed by atoms with Crippen molar-refractivity contribution in [1.29, 1.82) is 0 Å². The van der Waals surface area contributed by atoms with E-state index in [1.807, 2.05) is 67.6 Å². The number of nitrogens with zero attached hydrogens (tertiary/aromatic N) is 1. The Kier molecular flexibility index (Phi) is 6.61. The van der Waals surface area contributed by atoms with Gasteiger partial charge in [0.1, 0.15) is 17.7 Å². The van der Waals surface area contributed by atoms with Gasteiger partial charge in [0.25, 0.3) is 0 Å². The number of nitrogens with one attached hydrogen (secondary N) is 1. The molecule has 1 aliphatic heterocycles. The molecular weight excluding hydrogens is 404 g/mol. The van der Waals surface area contributed by atoms with Crippen LogP contribution in [0, 0.1) is 0 Å². The second-order valence-corrected chi connectivity index (χ2v) is 7.53. The van der Waals surface area contributed by atoms with Crippen LogP contribution in [0.2, 0.25) is 0 Å². The molecule has 0 saturated heterocycles. The van der Waals surface area contributed by atoms with E-state index >= 15 is 0 Å². The fourth-order valence-corrected chi connectivity index (χ4v) is 3.94. The Bertz CT molecular complexity index is 1100. The quantitative estimate of drug-likeness (QED) is 0.548. The van der Waals surface area contributed by atoms with Crippen LogP contribution in [0.1, 0.15) is 42.2 Å². The third-order valence-electron chi connectivity index (χ3n) is 5.58. The predicted molar refractivity (Wildman–Crippen MR) is 125 cm³/mol. The molecule has 0 unspecified atom stereocenters. The van der Waals surface area contributed by atoms with Crippen molar-refractivity contribution in [3.63, 3.8) is 0 Å². The van der Waals surface area contributed by atoms with Crippen molar-refractivity contribution in [3.8, 4) is 23.0 Å². The molecule has 0 spiro atoms. The number of aliphatic imine (C=N–C) groups is 1. The van der Waals surface area contributed by atoms with Gasteiger partial charge in [-0.2, -0.15) is 0 Å². The van der Waals surface area contributed by atoms with Crippen molar-refractivity contribution >= 4 is 5.71 Å². The van der Waals surface area contributed by atoms with Crippen LogP contribution in [0.5, 0.6) is 23.0 Å². The summed E-state index contributed by atoms with van der Waals surface area (Å²) in [6.07, 6.45) is 0.326. The zero-order valence-electron chi connectivity index (χ0n) is 18.5. The summed E-state index contributed by atoms with van der Waals surface area (Å²) in [6.45, 7) is 2.39. The summed E-state index contributed by atoms with van der Waals surface area (Å²) in [5, 5.41) is 14.5. The summed E-state index contributed by atoms with van der Waals surface area (Å²) in [5.41, 5.74) is 3.74. The van der Waals surface area contributed by atoms with Gasteiger partial charge in [0, 0.05) is 23.7 Å². The summed E-state index contributed by atoms with van der Waals surface area (Å²) < 4.78 is 16.3. The Morgan fingerprint density at radius 3 is 2.44 bits per heavy atom. The second-order valence-electron chi connectivity index (χ2n) is 7.53. The maximum absolute atomic E-state index is 10.9. The number of para-hydroxylation sites is 1. The molecule has 6 nitrogen and oxygen atoms in total. The molecule has 0 radical (unpaired) electrons. The van der Waals surface area contributed by atoms with Crippen molar-refractivity contribution in [3.05, 3.63) is 83.4 Å². The lowest BCUT2D eigenvalue weighted by molar-refractivity contribution is 0.313. The Balaban J connectivity index is 1.75. The van der Waals surface area contributed by atoms with E-state index in [1.54, 1.807) is 20.3 Å². The molecule has 0 saturated carbocycles. The van der Waals surface area contributed by atoms with Gasteiger partial charge in [0.05, 0.1) is 20.8 Å². The zero-order chi connectivity index (χ0) is 22.5. The number of ether oxygens (including phenoxy) is 3. The van der Waals surface area contributed by atoms with E-state index in [-0.39, 0.29) is 18.0 Å². The molecule has 0 bridgehead atoms. The Morgan fingerprint density at radius 1 is 0.969 bits per heavy atom. The number of hydrogen-bond acceptors (Lipinski definition) is 6. The van der Waals surface area contributed by atoms with Crippen LogP contribution >= 0.6 is 0 Å². The van der Waals surface area contributed by atoms with E-state index in [4.69, 9.17) is 19.2 Å². The fraction of sp³-hybridized carbons (Fsp3) is 0.269. The van der Waals surface area contributed by atoms with Crippen LogP contribution in [0.15, 0.2) is 71.7 Å². The van der Waals surface area contributed by atoms with Gasteiger partial charge >= 0.3 is 0 Å². The van der Waals surface area contributed by atoms with Crippen molar-refractivity contribution in [2.45, 2.75) is 25.6 Å². The van der Waals surface area contributed by atoms with Crippen LogP contribution in [-0.4, -0.2) is 31.6 Å². The number of phenols is 1. The monoisotopic (exact) mass is 432 g/mol. The predicted octanol–water partition coefficient (Wildman–Crippen LogP) is 5.03. The molecule has 0 amide bonds. The number of rotatable bonds is 7. The van der Waals surface area contributed by atoms with Gasteiger partial charge in [-0.25, -0.2) is 0 Å². The van der Waals surface area contributed by atoms with E-state index in [0.717, 1.165) is 33.9 Å². The molecule has 1 aliphatic rings. The molecule has 0 aliphatic carbocycles. The minimum Gasteiger partial charge on any atom is -0.504 e. The van der Waals surface area contributed by atoms with Crippen molar-refractivity contribution < 1.29 is 19.3 Å². The summed E-state index contributed by atoms with van der Waals surface area (Å²) in [6, 6.07) is 21.2. The van der Waals surface area contributed by atoms with Crippen molar-refractivity contribution in [1.82, 2.24) is 5.32 Å². The number of methoxy groups -OCH3 is 2. The highest BCUT2D eigenvalue weighted by molar-refractivity contribution is 6.01. The molecule has 3 aromatic carbocycles. The first-order valence-electron chi connectivity index (χ1n) is 10.7. The molecule has 2 atom stereocenters. The maximum atomic E-state index is 10.9. The zero-order valence-corrected chi connectivity index (χ0v) is 18.5. The summed E-state index contributed by atoms with van der Waals surface area (Å²) in [5.74, 6) is 2.21. The van der Waals surface area contributed by atoms with Crippen LogP contribution < -0.4 is 19.5 Å². The molecule has 4 rings (SSSR count). The highest BCUT2D eigenvalue weighted by atomic mass is 16.5. The number of benzene rings is 3. The summed E-state index contributed by atoms with van der Waals surface area (Å²) in [4.78, 5) is 5.01. The highest BCUT2D eigenvalue weighted by Gasteiger charge is 2.28. The molecule has 3 aromatic rings. The summed E-state index contributed by atoms with van der Waals surface area (Å²) >= 11 is 0. The lowest BCUT2D eigenvalue weighted by Gasteiger charge is -2.31. The van der Waals surface area contributed by atoms with Gasteiger partial charge in [-0.05, 0) is 60.5 Å². The van der Waals surface area contributed by atoms with Crippen molar-refractivity contribution in [2.24, 2.45) is 4.99 Å². The van der Waals surface area contributed by atoms with Crippen LogP contribution in [0.25, 0.3) is 0 Å². The molecule has 2 N–H and O–H groups in total. The summed E-state index contributed by atoms with van der Waals surface area (Å²) in [7, 11) is 3.31. The lowest BCUT2D eigenvalue weighted by Crippen LogP contribution is -2.33. The molecule has 6 heteroatoms. The van der Waals surface area contributed by atoms with E-state index in [1.165, 1.54) is 0 Å². The highest BCUT2D eigenvalue weighted by Crippen LogP contribution is 2.39. The Labute approximate surface area is 188 Å². The van der Waals surface area contributed by atoms with Gasteiger partial charge in [-0.15, -0.1) is 0 Å². The van der Waals surface area contributed by atoms with Crippen LogP contribution in [-0.2, 0) is 0 Å². The van der Waals surface area contributed by atoms with E-state index in [9.17, 15) is 5.11 Å². The molecule has 32 heavy (non-hydrogen) atoms. The molecule has 1 heterocycles. The smallest absolute Gasteiger partial charge is 0.162 e. The van der Waals surface area contributed by atoms with Crippen LogP contribution in [0.4, 0.5) is 0 Å². The van der Waals surface area contributed by atoms with Crippen molar-refractivity contribution in [2.75, 3.05) is 20.8 Å². The third-order valence-corrected chi connectivity index (χ3v) is 5.58. The second kappa shape index (κ2) is 9.75. The topological polar surface area (TPSA) is 72.3 Å². The SMILES string of the molecule is CCOc1cccc([C@@H]2CC(c3ccc(OC)cc3)=N[C@@H](c3cccc(OC)c3)N2)c1O. The fourth-order valence-electron chi connectivity index (χ4n) is 3.94. The van der Waals surface area contributed by atoms with Gasteiger partial charge in [0.15, 0.2) is 11.5 Å². The maximum Gasteiger partial charge on any atom is 0.162 e. The standard InChI is InChI=1S/C26H28N2O4/c1-4-32-24-10-6-9-21(25(24)29)23-16-22(17-11-13-19(30-2)14-12-17)27-26(28-23)18-7-5-8-20(15-18)31-3/h5-15,23,26,28-29H,4,16H2,1-3H3/t23-,26+/m0/s1. The minimum absolute atomic E-state index is 0.152. The number of hydrogen-bond donors (Lipinski definition) is 2. The van der Waals surface area contributed by atoms with Gasteiger partial charge in [-0.1, -0.05) is 24.3 Å². The molecule has 0 aromatic heterocycles. The normalized spacial score (nSPS) is 18.0. The number of aromatic hydroxyl groups is 1. The van der Waals surface area contributed by atoms with E-state index in [2.05, 4.69) is 5.32 Å². The lowest BCUT2D eigenvalue weighted by atomic mass is 9.93. The number of phenolic OH excluding ortho intramolecular Hbond substituents is 1. The van der Waals surface area contributed by atoms with Gasteiger partial charge in [0.2, 0.25) is 0 Å². The largest absolute Gasteiger partial charge is 0.504 e. The van der Waals surface area contributed by atoms with Crippen LogP contribution in [0.3, 0.4) is 0 Å². The Morgan fingerprint density at radius 2 is 1.72 bits per heavy atom. The first-order valence-corrected chi connectivity index (χ1v) is 10.7. The minimum atomic E-state index is -0.295. The molecule has 0 fully saturated rings. The first kappa shape index (κ1) is 21.7. The third kappa shape index (κ3) is 4.55. The average Bonchev–Trinajstić information content (AvgIpc) is 2.85. The van der Waals surface area contributed by atoms with E-state index < -0.39 is 0 Å². The van der Waals surface area contributed by atoms with Gasteiger partial charge < -0.3 is 19.3 Å².